The van der Waals surface area contributed by atoms with Crippen LogP contribution in [0.15, 0.2) is 30.3 Å². The summed E-state index contributed by atoms with van der Waals surface area (Å²) in [5.74, 6) is 0. The Morgan fingerprint density at radius 3 is 2.23 bits per heavy atom. The van der Waals surface area contributed by atoms with Gasteiger partial charge in [-0.25, -0.2) is 4.79 Å². The van der Waals surface area contributed by atoms with Crippen LogP contribution in [0.4, 0.5) is 4.79 Å². The van der Waals surface area contributed by atoms with Gasteiger partial charge in [-0.3, -0.25) is 0 Å². The van der Waals surface area contributed by atoms with E-state index in [-0.39, 0.29) is 31.4 Å². The third-order valence-corrected chi connectivity index (χ3v) is 1.22. The Morgan fingerprint density at radius 1 is 1.23 bits per heavy atom. The Hall–Kier alpha value is -0.930. The molecule has 5 heteroatoms. The van der Waals surface area contributed by atoms with Crippen LogP contribution in [-0.2, 0) is 11.3 Å². The van der Waals surface area contributed by atoms with Crippen molar-refractivity contribution in [2.75, 3.05) is 0 Å². The van der Waals surface area contributed by atoms with Crippen LogP contribution >= 0.6 is 24.8 Å². The number of primary amides is 1. The van der Waals surface area contributed by atoms with Gasteiger partial charge >= 0.3 is 6.09 Å². The molecule has 74 valence electrons. The van der Waals surface area contributed by atoms with Crippen molar-refractivity contribution in [3.8, 4) is 0 Å². The van der Waals surface area contributed by atoms with Crippen molar-refractivity contribution in [3.05, 3.63) is 35.9 Å². The normalized spacial score (nSPS) is 7.69. The van der Waals surface area contributed by atoms with Crippen LogP contribution in [0.5, 0.6) is 0 Å². The smallest absolute Gasteiger partial charge is 0.404 e. The van der Waals surface area contributed by atoms with Gasteiger partial charge in [0.15, 0.2) is 0 Å². The largest absolute Gasteiger partial charge is 0.445 e. The molecule has 0 spiro atoms. The van der Waals surface area contributed by atoms with Crippen LogP contribution in [-0.4, -0.2) is 6.09 Å². The summed E-state index contributed by atoms with van der Waals surface area (Å²) < 4.78 is 4.57. The molecule has 1 amide bonds. The molecule has 0 aromatic heterocycles. The standard InChI is InChI=1S/C8H9NO2.2ClH/c9-8(10)11-6-7-4-2-1-3-5-7;;/h1-5H,6H2,(H2,9,10);2*1H. The van der Waals surface area contributed by atoms with Gasteiger partial charge in [-0.15, -0.1) is 24.8 Å². The van der Waals surface area contributed by atoms with Gasteiger partial charge in [-0.2, -0.15) is 0 Å². The molecule has 2 N–H and O–H groups in total. The van der Waals surface area contributed by atoms with Gasteiger partial charge < -0.3 is 10.5 Å². The molecule has 0 saturated heterocycles. The predicted molar refractivity (Wildman–Crippen MR) is 55.3 cm³/mol. The molecule has 0 unspecified atom stereocenters. The van der Waals surface area contributed by atoms with E-state index >= 15 is 0 Å². The van der Waals surface area contributed by atoms with Crippen molar-refractivity contribution < 1.29 is 9.53 Å². The fraction of sp³-hybridized carbons (Fsp3) is 0.125. The second-order valence-electron chi connectivity index (χ2n) is 2.09. The van der Waals surface area contributed by atoms with Crippen LogP contribution in [0, 0.1) is 0 Å². The summed E-state index contributed by atoms with van der Waals surface area (Å²) in [4.78, 5) is 10.2. The quantitative estimate of drug-likeness (QED) is 0.836. The van der Waals surface area contributed by atoms with Crippen LogP contribution in [0.3, 0.4) is 0 Å². The van der Waals surface area contributed by atoms with Crippen molar-refractivity contribution in [1.82, 2.24) is 0 Å². The summed E-state index contributed by atoms with van der Waals surface area (Å²) in [5.41, 5.74) is 5.72. The predicted octanol–water partition coefficient (Wildman–Crippen LogP) is 2.13. The highest BCUT2D eigenvalue weighted by Crippen LogP contribution is 1.99. The van der Waals surface area contributed by atoms with Gasteiger partial charge in [0.25, 0.3) is 0 Å². The molecule has 1 aromatic rings. The lowest BCUT2D eigenvalue weighted by Gasteiger charge is -1.99. The van der Waals surface area contributed by atoms with Gasteiger partial charge in [0.05, 0.1) is 0 Å². The molecule has 0 aliphatic carbocycles. The van der Waals surface area contributed by atoms with Gasteiger partial charge in [0, 0.05) is 0 Å². The highest BCUT2D eigenvalue weighted by atomic mass is 35.5. The molecule has 0 atom stereocenters. The first kappa shape index (κ1) is 14.6. The van der Waals surface area contributed by atoms with Crippen LogP contribution in [0.2, 0.25) is 0 Å². The van der Waals surface area contributed by atoms with E-state index in [9.17, 15) is 4.79 Å². The third kappa shape index (κ3) is 6.25. The SMILES string of the molecule is Cl.Cl.NC(=O)OCc1ccccc1. The highest BCUT2D eigenvalue weighted by Gasteiger charge is 1.93. The minimum absolute atomic E-state index is 0. The number of nitrogens with two attached hydrogens (primary N) is 1. The van der Waals surface area contributed by atoms with E-state index in [4.69, 9.17) is 5.73 Å². The number of ether oxygens (including phenoxy) is 1. The van der Waals surface area contributed by atoms with E-state index in [0.717, 1.165) is 5.56 Å². The summed E-state index contributed by atoms with van der Waals surface area (Å²) in [5, 5.41) is 0. The first-order valence-corrected chi connectivity index (χ1v) is 3.25. The first-order chi connectivity index (χ1) is 5.29. The van der Waals surface area contributed by atoms with Crippen molar-refractivity contribution in [3.63, 3.8) is 0 Å². The Morgan fingerprint density at radius 2 is 1.77 bits per heavy atom. The summed E-state index contributed by atoms with van der Waals surface area (Å²) in [6.07, 6.45) is -0.742. The van der Waals surface area contributed by atoms with E-state index in [0.29, 0.717) is 0 Å². The highest BCUT2D eigenvalue weighted by molar-refractivity contribution is 5.85. The topological polar surface area (TPSA) is 52.3 Å². The summed E-state index contributed by atoms with van der Waals surface area (Å²) in [6, 6.07) is 9.37. The zero-order valence-corrected chi connectivity index (χ0v) is 8.44. The molecule has 0 saturated carbocycles. The number of benzene rings is 1. The number of carbonyl (C=O) groups excluding carboxylic acids is 1. The number of halogens is 2. The number of carbonyl (C=O) groups is 1. The van der Waals surface area contributed by atoms with Gasteiger partial charge in [0.2, 0.25) is 0 Å². The van der Waals surface area contributed by atoms with Crippen molar-refractivity contribution >= 4 is 30.9 Å². The maximum absolute atomic E-state index is 10.2. The molecular weight excluding hydrogens is 213 g/mol. The molecule has 0 fully saturated rings. The lowest BCUT2D eigenvalue weighted by molar-refractivity contribution is 0.150. The maximum atomic E-state index is 10.2. The molecule has 3 nitrogen and oxygen atoms in total. The molecule has 0 bridgehead atoms. The zero-order chi connectivity index (χ0) is 8.10. The lowest BCUT2D eigenvalue weighted by atomic mass is 10.2. The lowest BCUT2D eigenvalue weighted by Crippen LogP contribution is -2.12. The van der Waals surface area contributed by atoms with Crippen molar-refractivity contribution in [2.45, 2.75) is 6.61 Å². The van der Waals surface area contributed by atoms with Crippen molar-refractivity contribution in [2.24, 2.45) is 5.73 Å². The molecule has 0 radical (unpaired) electrons. The molecule has 0 heterocycles. The van der Waals surface area contributed by atoms with E-state index in [1.807, 2.05) is 30.3 Å². The second-order valence-corrected chi connectivity index (χ2v) is 2.09. The Balaban J connectivity index is 0. The van der Waals surface area contributed by atoms with Crippen molar-refractivity contribution in [1.29, 1.82) is 0 Å². The number of amides is 1. The summed E-state index contributed by atoms with van der Waals surface area (Å²) in [7, 11) is 0. The fourth-order valence-electron chi connectivity index (χ4n) is 0.729. The summed E-state index contributed by atoms with van der Waals surface area (Å²) >= 11 is 0. The van der Waals surface area contributed by atoms with Crippen LogP contribution in [0.1, 0.15) is 5.56 Å². The van der Waals surface area contributed by atoms with Gasteiger partial charge in [-0.05, 0) is 5.56 Å². The molecule has 0 aliphatic heterocycles. The van der Waals surface area contributed by atoms with Crippen LogP contribution < -0.4 is 5.73 Å². The molecular formula is C8H11Cl2NO2. The summed E-state index contributed by atoms with van der Waals surface area (Å²) in [6.45, 7) is 0.246. The second kappa shape index (κ2) is 7.71. The van der Waals surface area contributed by atoms with Gasteiger partial charge in [-0.1, -0.05) is 30.3 Å². The minimum Gasteiger partial charge on any atom is -0.445 e. The Kier molecular flexibility index (Phi) is 8.65. The van der Waals surface area contributed by atoms with Gasteiger partial charge in [0.1, 0.15) is 6.61 Å². The van der Waals surface area contributed by atoms with E-state index in [2.05, 4.69) is 4.74 Å². The fourth-order valence-corrected chi connectivity index (χ4v) is 0.729. The monoisotopic (exact) mass is 223 g/mol. The third-order valence-electron chi connectivity index (χ3n) is 1.22. The molecule has 1 aromatic carbocycles. The Bertz CT molecular complexity index is 241. The average Bonchev–Trinajstić information content (AvgIpc) is 2.03. The van der Waals surface area contributed by atoms with E-state index in [1.54, 1.807) is 0 Å². The molecule has 1 rings (SSSR count). The number of hydrogen-bond acceptors (Lipinski definition) is 2. The first-order valence-electron chi connectivity index (χ1n) is 3.25. The minimum atomic E-state index is -0.742. The Labute approximate surface area is 89.1 Å². The van der Waals surface area contributed by atoms with E-state index in [1.165, 1.54) is 0 Å². The number of rotatable bonds is 2. The average molecular weight is 224 g/mol. The number of hydrogen-bond donors (Lipinski definition) is 1. The van der Waals surface area contributed by atoms with E-state index < -0.39 is 6.09 Å². The maximum Gasteiger partial charge on any atom is 0.404 e. The van der Waals surface area contributed by atoms with Crippen LogP contribution in [0.25, 0.3) is 0 Å². The molecule has 0 aliphatic rings. The molecule has 13 heavy (non-hydrogen) atoms. The zero-order valence-electron chi connectivity index (χ0n) is 6.80.